The molecule has 0 saturated carbocycles. The first-order chi connectivity index (χ1) is 21.5. The number of H-pyrrole nitrogens is 1. The van der Waals surface area contributed by atoms with Crippen molar-refractivity contribution in [2.75, 3.05) is 57.3 Å². The van der Waals surface area contributed by atoms with Gasteiger partial charge in [-0.15, -0.1) is 0 Å². The van der Waals surface area contributed by atoms with Crippen LogP contribution in [0.3, 0.4) is 0 Å². The molecule has 3 saturated heterocycles. The Labute approximate surface area is 257 Å². The quantitative estimate of drug-likeness (QED) is 0.325. The van der Waals surface area contributed by atoms with Crippen LogP contribution in [0.25, 0.3) is 22.0 Å². The first-order valence-corrected chi connectivity index (χ1v) is 16.0. The van der Waals surface area contributed by atoms with Gasteiger partial charge in [-0.3, -0.25) is 14.3 Å². The summed E-state index contributed by atoms with van der Waals surface area (Å²) in [5.74, 6) is -0.473. The van der Waals surface area contributed by atoms with E-state index >= 15 is 4.39 Å². The van der Waals surface area contributed by atoms with E-state index in [0.29, 0.717) is 48.2 Å². The molecular weight excluding hydrogens is 557 g/mol. The monoisotopic (exact) mass is 597 g/mol. The van der Waals surface area contributed by atoms with Crippen LogP contribution in [-0.4, -0.2) is 88.7 Å². The number of halogens is 1. The zero-order valence-electron chi connectivity index (χ0n) is 25.1. The number of likely N-dealkylation sites (tertiary alicyclic amines) is 2. The summed E-state index contributed by atoms with van der Waals surface area (Å²) in [5, 5.41) is 8.32. The van der Waals surface area contributed by atoms with Gasteiger partial charge >= 0.3 is 0 Å². The summed E-state index contributed by atoms with van der Waals surface area (Å²) in [5.41, 5.74) is 4.46. The Morgan fingerprint density at radius 2 is 1.73 bits per heavy atom. The number of piperazine rings is 1. The second kappa shape index (κ2) is 12.4. The number of carbonyl (C=O) groups is 2. The summed E-state index contributed by atoms with van der Waals surface area (Å²) in [6.45, 7) is 6.99. The Bertz CT molecular complexity index is 1620. The summed E-state index contributed by atoms with van der Waals surface area (Å²) < 4.78 is 18.3. The number of anilines is 1. The van der Waals surface area contributed by atoms with Crippen LogP contribution < -0.4 is 10.2 Å². The van der Waals surface area contributed by atoms with Crippen LogP contribution >= 0.6 is 0 Å². The highest BCUT2D eigenvalue weighted by atomic mass is 19.1. The highest BCUT2D eigenvalue weighted by Gasteiger charge is 2.30. The van der Waals surface area contributed by atoms with Crippen molar-refractivity contribution >= 4 is 28.4 Å². The molecule has 2 aromatic heterocycles. The fourth-order valence-corrected chi connectivity index (χ4v) is 7.06. The molecule has 10 heteroatoms. The number of aromatic amines is 1. The lowest BCUT2D eigenvalue weighted by molar-refractivity contribution is -0.132. The van der Waals surface area contributed by atoms with E-state index in [1.54, 1.807) is 10.9 Å². The third-order valence-electron chi connectivity index (χ3n) is 9.49. The number of amides is 2. The third-order valence-corrected chi connectivity index (χ3v) is 9.49. The van der Waals surface area contributed by atoms with Crippen molar-refractivity contribution in [2.45, 2.75) is 44.6 Å². The molecule has 44 heavy (non-hydrogen) atoms. The number of hydrogen-bond acceptors (Lipinski definition) is 5. The molecule has 2 aromatic carbocycles. The molecule has 0 bridgehead atoms. The maximum atomic E-state index is 16.5. The molecule has 0 spiro atoms. The maximum absolute atomic E-state index is 16.5. The fourth-order valence-electron chi connectivity index (χ4n) is 7.06. The van der Waals surface area contributed by atoms with Crippen LogP contribution in [0.4, 0.5) is 10.1 Å². The van der Waals surface area contributed by atoms with Gasteiger partial charge in [-0.05, 0) is 72.7 Å². The number of hydrogen-bond donors (Lipinski definition) is 2. The molecule has 0 aliphatic carbocycles. The van der Waals surface area contributed by atoms with E-state index in [0.717, 1.165) is 76.1 Å². The minimum absolute atomic E-state index is 0.0637. The normalized spacial score (nSPS) is 19.2. The number of aryl methyl sites for hydroxylation is 1. The number of piperidine rings is 1. The summed E-state index contributed by atoms with van der Waals surface area (Å²) in [6, 6.07) is 14.1. The minimum atomic E-state index is -0.322. The second-order valence-corrected chi connectivity index (χ2v) is 12.3. The first kappa shape index (κ1) is 28.6. The van der Waals surface area contributed by atoms with E-state index in [1.807, 2.05) is 34.2 Å². The van der Waals surface area contributed by atoms with Gasteiger partial charge in [0, 0.05) is 94.7 Å². The van der Waals surface area contributed by atoms with Crippen molar-refractivity contribution in [3.63, 3.8) is 0 Å². The topological polar surface area (TPSA) is 89.5 Å². The molecule has 0 unspecified atom stereocenters. The average Bonchev–Trinajstić information content (AvgIpc) is 3.87. The van der Waals surface area contributed by atoms with Crippen LogP contribution in [0.5, 0.6) is 0 Å². The van der Waals surface area contributed by atoms with Gasteiger partial charge in [-0.1, -0.05) is 12.1 Å². The van der Waals surface area contributed by atoms with E-state index in [1.165, 1.54) is 5.69 Å². The molecule has 3 aliphatic heterocycles. The molecule has 4 aromatic rings. The highest BCUT2D eigenvalue weighted by molar-refractivity contribution is 6.03. The number of fused-ring (bicyclic) bond motifs is 1. The van der Waals surface area contributed by atoms with Crippen LogP contribution in [0.2, 0.25) is 0 Å². The van der Waals surface area contributed by atoms with Gasteiger partial charge < -0.3 is 25.0 Å². The summed E-state index contributed by atoms with van der Waals surface area (Å²) in [6.07, 6.45) is 7.52. The Kier molecular flexibility index (Phi) is 8.08. The molecule has 7 rings (SSSR count). The van der Waals surface area contributed by atoms with Gasteiger partial charge in [0.1, 0.15) is 5.69 Å². The molecular formula is C34H40FN7O2. The van der Waals surface area contributed by atoms with Gasteiger partial charge in [-0.2, -0.15) is 5.10 Å². The van der Waals surface area contributed by atoms with Crippen LogP contribution in [0.1, 0.15) is 54.1 Å². The number of carbonyl (C=O) groups excluding carboxylic acids is 2. The van der Waals surface area contributed by atoms with E-state index in [2.05, 4.69) is 44.6 Å². The molecule has 3 aliphatic rings. The highest BCUT2D eigenvalue weighted by Crippen LogP contribution is 2.39. The number of nitrogens with one attached hydrogen (secondary N) is 2. The lowest BCUT2D eigenvalue weighted by Crippen LogP contribution is -2.43. The van der Waals surface area contributed by atoms with E-state index < -0.39 is 0 Å². The molecule has 3 fully saturated rings. The smallest absolute Gasteiger partial charge is 0.270 e. The third kappa shape index (κ3) is 5.70. The molecule has 2 amide bonds. The first-order valence-electron chi connectivity index (χ1n) is 16.0. The number of rotatable bonds is 7. The molecule has 2 N–H and O–H groups in total. The van der Waals surface area contributed by atoms with Gasteiger partial charge in [0.05, 0.1) is 5.52 Å². The molecule has 1 atom stereocenters. The van der Waals surface area contributed by atoms with Crippen molar-refractivity contribution < 1.29 is 14.0 Å². The van der Waals surface area contributed by atoms with Crippen LogP contribution in [0, 0.1) is 5.82 Å². The summed E-state index contributed by atoms with van der Waals surface area (Å²) in [4.78, 5) is 35.8. The lowest BCUT2D eigenvalue weighted by Gasteiger charge is -2.33. The van der Waals surface area contributed by atoms with Crippen molar-refractivity contribution in [3.05, 3.63) is 71.9 Å². The SMILES string of the molecule is O=C(CCn1cccn1)N1CCC[C@@H](c2cc(-c3ccc(N4CCNCC4)cc3)c3cc(C(=O)N4CCCC4)[nH]c3c2F)C1. The average molecular weight is 598 g/mol. The van der Waals surface area contributed by atoms with E-state index in [9.17, 15) is 9.59 Å². The molecule has 9 nitrogen and oxygen atoms in total. The predicted molar refractivity (Wildman–Crippen MR) is 169 cm³/mol. The predicted octanol–water partition coefficient (Wildman–Crippen LogP) is 4.61. The molecule has 0 radical (unpaired) electrons. The standard InChI is InChI=1S/C34H40FN7O2/c35-32-28(25-5-3-16-41(23-25)31(43)10-18-42-17-4-11-37-42)21-27(24-6-8-26(9-7-24)39-19-12-36-13-20-39)29-22-30(38-33(29)32)34(44)40-14-1-2-15-40/h4,6-9,11,17,21-22,25,36,38H,1-3,5,10,12-16,18-20,23H2/t25-/m1/s1. The van der Waals surface area contributed by atoms with E-state index in [-0.39, 0.29) is 23.5 Å². The van der Waals surface area contributed by atoms with Gasteiger partial charge in [0.15, 0.2) is 5.82 Å². The Hall–Kier alpha value is -4.18. The molecule has 230 valence electrons. The Morgan fingerprint density at radius 3 is 2.48 bits per heavy atom. The number of aromatic nitrogens is 3. The second-order valence-electron chi connectivity index (χ2n) is 12.3. The fraction of sp³-hybridized carbons (Fsp3) is 0.441. The van der Waals surface area contributed by atoms with Crippen molar-refractivity contribution in [1.29, 1.82) is 0 Å². The number of nitrogens with zero attached hydrogens (tertiary/aromatic N) is 5. The van der Waals surface area contributed by atoms with E-state index in [4.69, 9.17) is 0 Å². The minimum Gasteiger partial charge on any atom is -0.369 e. The summed E-state index contributed by atoms with van der Waals surface area (Å²) in [7, 11) is 0. The Balaban J connectivity index is 1.22. The van der Waals surface area contributed by atoms with Gasteiger partial charge in [-0.25, -0.2) is 4.39 Å². The summed E-state index contributed by atoms with van der Waals surface area (Å²) >= 11 is 0. The van der Waals surface area contributed by atoms with Crippen molar-refractivity contribution in [3.8, 4) is 11.1 Å². The van der Waals surface area contributed by atoms with Crippen LogP contribution in [0.15, 0.2) is 54.9 Å². The molecule has 5 heterocycles. The van der Waals surface area contributed by atoms with Crippen molar-refractivity contribution in [2.24, 2.45) is 0 Å². The van der Waals surface area contributed by atoms with Crippen molar-refractivity contribution in [1.82, 2.24) is 29.9 Å². The van der Waals surface area contributed by atoms with Gasteiger partial charge in [0.2, 0.25) is 5.91 Å². The zero-order valence-corrected chi connectivity index (χ0v) is 25.1. The zero-order chi connectivity index (χ0) is 30.0. The van der Waals surface area contributed by atoms with Gasteiger partial charge in [0.25, 0.3) is 5.91 Å². The Morgan fingerprint density at radius 1 is 0.955 bits per heavy atom. The number of benzene rings is 2. The largest absolute Gasteiger partial charge is 0.369 e. The van der Waals surface area contributed by atoms with Crippen LogP contribution in [-0.2, 0) is 11.3 Å². The lowest BCUT2D eigenvalue weighted by atomic mass is 9.87. The maximum Gasteiger partial charge on any atom is 0.270 e.